The standard InChI is InChI=1S/C22H28N2O3/c23-21(16-26-15-17-7-3-1-4-8-17)22(25)24-18-11-13-20(14-12-18)27-19-9-5-2-6-10-19/h1,3-4,7-8,11-14,19,21H,2,5-6,9-10,15-16,23H2,(H,24,25). The Hall–Kier alpha value is -2.37. The highest BCUT2D eigenvalue weighted by molar-refractivity contribution is 5.94. The molecule has 1 amide bonds. The van der Waals surface area contributed by atoms with Crippen LogP contribution in [0.25, 0.3) is 0 Å². The van der Waals surface area contributed by atoms with Gasteiger partial charge in [0.05, 0.1) is 19.3 Å². The van der Waals surface area contributed by atoms with E-state index in [1.54, 1.807) is 0 Å². The van der Waals surface area contributed by atoms with Crippen molar-refractivity contribution in [3.63, 3.8) is 0 Å². The molecule has 1 fully saturated rings. The van der Waals surface area contributed by atoms with Crippen LogP contribution in [0.5, 0.6) is 5.75 Å². The Morgan fingerprint density at radius 1 is 1.04 bits per heavy atom. The van der Waals surface area contributed by atoms with Crippen molar-refractivity contribution >= 4 is 11.6 Å². The first kappa shape index (κ1) is 19.4. The summed E-state index contributed by atoms with van der Waals surface area (Å²) in [6.45, 7) is 0.610. The molecule has 3 N–H and O–H groups in total. The Morgan fingerprint density at radius 3 is 2.44 bits per heavy atom. The monoisotopic (exact) mass is 368 g/mol. The van der Waals surface area contributed by atoms with Crippen molar-refractivity contribution < 1.29 is 14.3 Å². The molecule has 0 radical (unpaired) electrons. The molecule has 0 aromatic heterocycles. The second-order valence-electron chi connectivity index (χ2n) is 7.00. The van der Waals surface area contributed by atoms with Crippen LogP contribution in [0.15, 0.2) is 54.6 Å². The van der Waals surface area contributed by atoms with Crippen LogP contribution in [-0.4, -0.2) is 24.7 Å². The minimum absolute atomic E-state index is 0.170. The van der Waals surface area contributed by atoms with Crippen molar-refractivity contribution in [2.45, 2.75) is 50.9 Å². The van der Waals surface area contributed by atoms with E-state index >= 15 is 0 Å². The molecule has 0 heterocycles. The number of carbonyl (C=O) groups excluding carboxylic acids is 1. The van der Waals surface area contributed by atoms with Crippen molar-refractivity contribution in [3.8, 4) is 5.75 Å². The molecule has 0 aliphatic heterocycles. The van der Waals surface area contributed by atoms with Crippen molar-refractivity contribution in [2.75, 3.05) is 11.9 Å². The Kier molecular flexibility index (Phi) is 7.25. The average Bonchev–Trinajstić information content (AvgIpc) is 2.71. The molecule has 1 atom stereocenters. The molecule has 5 heteroatoms. The third kappa shape index (κ3) is 6.38. The summed E-state index contributed by atoms with van der Waals surface area (Å²) < 4.78 is 11.5. The number of hydrogen-bond acceptors (Lipinski definition) is 4. The highest BCUT2D eigenvalue weighted by atomic mass is 16.5. The molecule has 2 aromatic rings. The molecule has 0 saturated heterocycles. The van der Waals surface area contributed by atoms with Gasteiger partial charge in [0.2, 0.25) is 5.91 Å². The summed E-state index contributed by atoms with van der Waals surface area (Å²) in [4.78, 5) is 12.2. The summed E-state index contributed by atoms with van der Waals surface area (Å²) in [7, 11) is 0. The third-order valence-corrected chi connectivity index (χ3v) is 4.72. The van der Waals surface area contributed by atoms with Gasteiger partial charge in [0, 0.05) is 5.69 Å². The topological polar surface area (TPSA) is 73.6 Å². The van der Waals surface area contributed by atoms with E-state index in [0.29, 0.717) is 18.4 Å². The van der Waals surface area contributed by atoms with E-state index in [9.17, 15) is 4.79 Å². The van der Waals surface area contributed by atoms with Gasteiger partial charge in [-0.05, 0) is 55.5 Å². The molecule has 1 aliphatic rings. The molecule has 0 spiro atoms. The molecule has 1 unspecified atom stereocenters. The third-order valence-electron chi connectivity index (χ3n) is 4.72. The van der Waals surface area contributed by atoms with Gasteiger partial charge in [0.25, 0.3) is 0 Å². The first-order valence-corrected chi connectivity index (χ1v) is 9.65. The molecule has 2 aromatic carbocycles. The highest BCUT2D eigenvalue weighted by Crippen LogP contribution is 2.24. The van der Waals surface area contributed by atoms with E-state index in [2.05, 4.69) is 5.32 Å². The zero-order valence-electron chi connectivity index (χ0n) is 15.6. The van der Waals surface area contributed by atoms with Crippen molar-refractivity contribution in [1.29, 1.82) is 0 Å². The molecule has 3 rings (SSSR count). The van der Waals surface area contributed by atoms with Crippen LogP contribution in [0.4, 0.5) is 5.69 Å². The molecular formula is C22H28N2O3. The second-order valence-corrected chi connectivity index (χ2v) is 7.00. The Morgan fingerprint density at radius 2 is 1.74 bits per heavy atom. The number of nitrogens with two attached hydrogens (primary N) is 1. The van der Waals surface area contributed by atoms with E-state index in [1.807, 2.05) is 54.6 Å². The number of hydrogen-bond donors (Lipinski definition) is 2. The average molecular weight is 368 g/mol. The lowest BCUT2D eigenvalue weighted by Gasteiger charge is -2.23. The van der Waals surface area contributed by atoms with Crippen LogP contribution in [0.1, 0.15) is 37.7 Å². The minimum Gasteiger partial charge on any atom is -0.490 e. The first-order chi connectivity index (χ1) is 13.2. The SMILES string of the molecule is NC(COCc1ccccc1)C(=O)Nc1ccc(OC2CCCCC2)cc1. The lowest BCUT2D eigenvalue weighted by molar-refractivity contribution is -0.118. The van der Waals surface area contributed by atoms with Gasteiger partial charge in [-0.1, -0.05) is 36.8 Å². The summed E-state index contributed by atoms with van der Waals surface area (Å²) in [5.41, 5.74) is 7.68. The fourth-order valence-electron chi connectivity index (χ4n) is 3.18. The number of amides is 1. The Labute approximate surface area is 160 Å². The predicted molar refractivity (Wildman–Crippen MR) is 107 cm³/mol. The first-order valence-electron chi connectivity index (χ1n) is 9.65. The zero-order chi connectivity index (χ0) is 18.9. The lowest BCUT2D eigenvalue weighted by atomic mass is 9.98. The van der Waals surface area contributed by atoms with E-state index in [-0.39, 0.29) is 12.5 Å². The predicted octanol–water partition coefficient (Wildman–Crippen LogP) is 3.88. The van der Waals surface area contributed by atoms with Gasteiger partial charge in [-0.2, -0.15) is 0 Å². The number of anilines is 1. The second kappa shape index (κ2) is 10.1. The quantitative estimate of drug-likeness (QED) is 0.741. The minimum atomic E-state index is -0.716. The van der Waals surface area contributed by atoms with Crippen molar-refractivity contribution in [3.05, 3.63) is 60.2 Å². The maximum absolute atomic E-state index is 12.2. The summed E-state index contributed by atoms with van der Waals surface area (Å²) in [6.07, 6.45) is 6.34. The van der Waals surface area contributed by atoms with Gasteiger partial charge in [0.15, 0.2) is 0 Å². The van der Waals surface area contributed by atoms with Crippen LogP contribution < -0.4 is 15.8 Å². The lowest BCUT2D eigenvalue weighted by Crippen LogP contribution is -2.39. The fraction of sp³-hybridized carbons (Fsp3) is 0.409. The van der Waals surface area contributed by atoms with Gasteiger partial charge in [0.1, 0.15) is 11.8 Å². The molecule has 1 saturated carbocycles. The number of benzene rings is 2. The fourth-order valence-corrected chi connectivity index (χ4v) is 3.18. The van der Waals surface area contributed by atoms with E-state index in [0.717, 1.165) is 24.2 Å². The van der Waals surface area contributed by atoms with Crippen LogP contribution in [0.3, 0.4) is 0 Å². The number of nitrogens with one attached hydrogen (secondary N) is 1. The van der Waals surface area contributed by atoms with Gasteiger partial charge < -0.3 is 20.5 Å². The van der Waals surface area contributed by atoms with E-state index < -0.39 is 6.04 Å². The van der Waals surface area contributed by atoms with Crippen LogP contribution in [-0.2, 0) is 16.1 Å². The molecule has 0 bridgehead atoms. The summed E-state index contributed by atoms with van der Waals surface area (Å²) in [6, 6.07) is 16.6. The molecular weight excluding hydrogens is 340 g/mol. The maximum atomic E-state index is 12.2. The van der Waals surface area contributed by atoms with E-state index in [1.165, 1.54) is 19.3 Å². The van der Waals surface area contributed by atoms with Crippen LogP contribution in [0.2, 0.25) is 0 Å². The highest BCUT2D eigenvalue weighted by Gasteiger charge is 2.16. The van der Waals surface area contributed by atoms with E-state index in [4.69, 9.17) is 15.2 Å². The van der Waals surface area contributed by atoms with Crippen molar-refractivity contribution in [2.24, 2.45) is 5.73 Å². The maximum Gasteiger partial charge on any atom is 0.243 e. The Balaban J connectivity index is 1.41. The van der Waals surface area contributed by atoms with Crippen LogP contribution >= 0.6 is 0 Å². The molecule has 27 heavy (non-hydrogen) atoms. The molecule has 5 nitrogen and oxygen atoms in total. The Bertz CT molecular complexity index is 697. The molecule has 144 valence electrons. The number of rotatable bonds is 8. The van der Waals surface area contributed by atoms with Crippen LogP contribution in [0, 0.1) is 0 Å². The van der Waals surface area contributed by atoms with Gasteiger partial charge in [-0.3, -0.25) is 4.79 Å². The van der Waals surface area contributed by atoms with Gasteiger partial charge >= 0.3 is 0 Å². The summed E-state index contributed by atoms with van der Waals surface area (Å²) >= 11 is 0. The van der Waals surface area contributed by atoms with Crippen molar-refractivity contribution in [1.82, 2.24) is 0 Å². The number of ether oxygens (including phenoxy) is 2. The summed E-state index contributed by atoms with van der Waals surface area (Å²) in [5, 5.41) is 2.82. The smallest absolute Gasteiger partial charge is 0.243 e. The van der Waals surface area contributed by atoms with Gasteiger partial charge in [-0.25, -0.2) is 0 Å². The normalized spacial score (nSPS) is 15.9. The summed E-state index contributed by atoms with van der Waals surface area (Å²) in [5.74, 6) is 0.583. The van der Waals surface area contributed by atoms with Gasteiger partial charge in [-0.15, -0.1) is 0 Å². The zero-order valence-corrected chi connectivity index (χ0v) is 15.6. The largest absolute Gasteiger partial charge is 0.490 e. The number of carbonyl (C=O) groups is 1. The molecule has 1 aliphatic carbocycles.